The summed E-state index contributed by atoms with van der Waals surface area (Å²) in [5.74, 6) is -2.74. The highest BCUT2D eigenvalue weighted by molar-refractivity contribution is 6.37. The average Bonchev–Trinajstić information content (AvgIpc) is 3.66. The van der Waals surface area contributed by atoms with Crippen molar-refractivity contribution >= 4 is 35.3 Å². The summed E-state index contributed by atoms with van der Waals surface area (Å²) >= 11 is 0. The van der Waals surface area contributed by atoms with Crippen LogP contribution < -0.4 is 21.7 Å². The molecule has 3 saturated carbocycles. The minimum Gasteiger partial charge on any atom is -0.363 e. The molecule has 0 radical (unpaired) electrons. The van der Waals surface area contributed by atoms with E-state index in [4.69, 9.17) is 5.73 Å². The molecule has 11 heteroatoms. The Kier molecular flexibility index (Phi) is 8.81. The van der Waals surface area contributed by atoms with Crippen LogP contribution in [0.1, 0.15) is 93.9 Å². The Balaban J connectivity index is 1.52. The number of hydrogen-bond acceptors (Lipinski definition) is 6. The molecule has 240 valence electrons. The number of nitrogens with one attached hydrogen (secondary N) is 3. The molecule has 0 aromatic heterocycles. The summed E-state index contributed by atoms with van der Waals surface area (Å²) in [4.78, 5) is 80.4. The van der Waals surface area contributed by atoms with Crippen LogP contribution in [-0.2, 0) is 24.0 Å². The number of hydrogen-bond donors (Lipinski definition) is 4. The number of piperidine rings is 1. The average molecular weight is 602 g/mol. The van der Waals surface area contributed by atoms with Crippen LogP contribution in [0.4, 0.5) is 4.79 Å². The van der Waals surface area contributed by atoms with E-state index in [-0.39, 0.29) is 34.9 Å². The lowest BCUT2D eigenvalue weighted by atomic mass is 9.80. The van der Waals surface area contributed by atoms with E-state index in [0.29, 0.717) is 13.0 Å². The normalized spacial score (nSPS) is 27.2. The zero-order valence-electron chi connectivity index (χ0n) is 27.0. The predicted octanol–water partition coefficient (Wildman–Crippen LogP) is 2.31. The van der Waals surface area contributed by atoms with Crippen LogP contribution in [-0.4, -0.2) is 70.9 Å². The fraction of sp³-hybridized carbons (Fsp3) is 0.812. The van der Waals surface area contributed by atoms with Gasteiger partial charge in [0.05, 0.1) is 12.1 Å². The van der Waals surface area contributed by atoms with Crippen molar-refractivity contribution in [2.75, 3.05) is 6.54 Å². The number of rotatable bonds is 12. The lowest BCUT2D eigenvalue weighted by Gasteiger charge is -2.38. The molecule has 4 aliphatic rings. The zero-order valence-corrected chi connectivity index (χ0v) is 27.0. The molecule has 5 N–H and O–H groups in total. The van der Waals surface area contributed by atoms with Gasteiger partial charge in [0.15, 0.2) is 5.78 Å². The monoisotopic (exact) mass is 601 g/mol. The van der Waals surface area contributed by atoms with Gasteiger partial charge in [0, 0.05) is 12.0 Å². The number of carbonyl (C=O) groups is 6. The Bertz CT molecular complexity index is 1180. The lowest BCUT2D eigenvalue weighted by Crippen LogP contribution is -2.62. The summed E-state index contributed by atoms with van der Waals surface area (Å²) in [5, 5.41) is 8.44. The van der Waals surface area contributed by atoms with Gasteiger partial charge in [-0.15, -0.1) is 0 Å². The molecule has 4 fully saturated rings. The molecule has 0 spiro atoms. The van der Waals surface area contributed by atoms with E-state index in [1.165, 1.54) is 4.90 Å². The topological polar surface area (TPSA) is 168 Å². The number of likely N-dealkylation sites (tertiary alicyclic amines) is 1. The molecule has 0 bridgehead atoms. The first-order valence-electron chi connectivity index (χ1n) is 15.9. The predicted molar refractivity (Wildman–Crippen MR) is 160 cm³/mol. The highest BCUT2D eigenvalue weighted by Crippen LogP contribution is 2.65. The fourth-order valence-corrected chi connectivity index (χ4v) is 7.01. The molecule has 4 rings (SSSR count). The number of fused-ring (bicyclic) bond motifs is 1. The Morgan fingerprint density at radius 3 is 2.02 bits per heavy atom. The van der Waals surface area contributed by atoms with Gasteiger partial charge in [0.25, 0.3) is 5.91 Å². The molecule has 11 nitrogen and oxygen atoms in total. The standard InChI is InChI=1S/C32H51N5O6/c1-16(2)21(25(39)32(8)12-13-32)35-29(43)36-24(30(3,4)5)28(42)37-15-18-20(31(18,6)7)22(37)27(41)34-19(23(38)26(33)40)14-17-10-9-11-17/h16-22,24H,9-15H2,1-8H3,(H2,33,40)(H,34,41)(H2,35,36,43)/t18-,19?,20-,21-,22-,24+/m0/s1. The molecule has 43 heavy (non-hydrogen) atoms. The zero-order chi connectivity index (χ0) is 32.2. The molecule has 5 amide bonds. The van der Waals surface area contributed by atoms with Gasteiger partial charge < -0.3 is 26.6 Å². The van der Waals surface area contributed by atoms with Crippen molar-refractivity contribution in [3.63, 3.8) is 0 Å². The van der Waals surface area contributed by atoms with Crippen LogP contribution in [0, 0.1) is 39.9 Å². The van der Waals surface area contributed by atoms with Crippen LogP contribution in [0.15, 0.2) is 0 Å². The number of carbonyl (C=O) groups excluding carboxylic acids is 6. The summed E-state index contributed by atoms with van der Waals surface area (Å²) in [6.45, 7) is 15.6. The van der Waals surface area contributed by atoms with Crippen LogP contribution in [0.3, 0.4) is 0 Å². The molecular weight excluding hydrogens is 550 g/mol. The van der Waals surface area contributed by atoms with Gasteiger partial charge in [-0.1, -0.05) is 74.7 Å². The maximum Gasteiger partial charge on any atom is 0.316 e. The second kappa shape index (κ2) is 11.5. The highest BCUT2D eigenvalue weighted by atomic mass is 16.2. The third-order valence-electron chi connectivity index (χ3n) is 10.6. The van der Waals surface area contributed by atoms with Crippen molar-refractivity contribution < 1.29 is 28.8 Å². The number of amides is 5. The van der Waals surface area contributed by atoms with E-state index in [9.17, 15) is 28.8 Å². The second-order valence-electron chi connectivity index (χ2n) is 15.8. The van der Waals surface area contributed by atoms with Gasteiger partial charge in [-0.3, -0.25) is 24.0 Å². The number of Topliss-reactive ketones (excluding diaryl/α,β-unsaturated/α-hetero) is 2. The van der Waals surface area contributed by atoms with Gasteiger partial charge >= 0.3 is 6.03 Å². The third-order valence-corrected chi connectivity index (χ3v) is 10.6. The Labute approximate surface area is 255 Å². The molecule has 1 aliphatic heterocycles. The number of nitrogens with two attached hydrogens (primary N) is 1. The van der Waals surface area contributed by atoms with Crippen LogP contribution in [0.25, 0.3) is 0 Å². The molecule has 1 unspecified atom stereocenters. The van der Waals surface area contributed by atoms with Crippen molar-refractivity contribution in [3.05, 3.63) is 0 Å². The molecular formula is C32H51N5O6. The van der Waals surface area contributed by atoms with E-state index in [2.05, 4.69) is 29.8 Å². The van der Waals surface area contributed by atoms with Gasteiger partial charge in [0.1, 0.15) is 12.1 Å². The molecule has 0 aromatic carbocycles. The minimum atomic E-state index is -1.09. The molecule has 3 aliphatic carbocycles. The Hall–Kier alpha value is -2.98. The molecule has 1 saturated heterocycles. The van der Waals surface area contributed by atoms with E-state index < -0.39 is 64.5 Å². The largest absolute Gasteiger partial charge is 0.363 e. The van der Waals surface area contributed by atoms with Gasteiger partial charge in [-0.2, -0.15) is 0 Å². The SMILES string of the molecule is CC(C)[C@H](NC(=O)N[C@H](C(=O)N1C[C@H]2[C@@H]([C@H]1C(=O)NC(CC1CCC1)C(=O)C(N)=O)C2(C)C)C(C)(C)C)C(=O)C1(C)CC1. The molecule has 1 heterocycles. The second-order valence-corrected chi connectivity index (χ2v) is 15.8. The maximum absolute atomic E-state index is 14.2. The van der Waals surface area contributed by atoms with Crippen molar-refractivity contribution in [3.8, 4) is 0 Å². The van der Waals surface area contributed by atoms with Crippen molar-refractivity contribution in [1.82, 2.24) is 20.9 Å². The summed E-state index contributed by atoms with van der Waals surface area (Å²) in [6, 6.07) is -4.16. The number of primary amides is 1. The lowest BCUT2D eigenvalue weighted by molar-refractivity contribution is -0.145. The highest BCUT2D eigenvalue weighted by Gasteiger charge is 2.70. The first-order chi connectivity index (χ1) is 19.8. The van der Waals surface area contributed by atoms with Gasteiger partial charge in [0.2, 0.25) is 17.6 Å². The van der Waals surface area contributed by atoms with Crippen LogP contribution in [0.2, 0.25) is 0 Å². The first-order valence-corrected chi connectivity index (χ1v) is 15.9. The number of urea groups is 1. The summed E-state index contributed by atoms with van der Waals surface area (Å²) in [5.41, 5.74) is 4.00. The summed E-state index contributed by atoms with van der Waals surface area (Å²) in [7, 11) is 0. The maximum atomic E-state index is 14.2. The summed E-state index contributed by atoms with van der Waals surface area (Å²) < 4.78 is 0. The molecule has 0 aromatic rings. The van der Waals surface area contributed by atoms with E-state index in [1.807, 2.05) is 41.5 Å². The Morgan fingerprint density at radius 2 is 1.56 bits per heavy atom. The van der Waals surface area contributed by atoms with Crippen molar-refractivity contribution in [2.24, 2.45) is 45.7 Å². The van der Waals surface area contributed by atoms with Crippen LogP contribution >= 0.6 is 0 Å². The smallest absolute Gasteiger partial charge is 0.316 e. The van der Waals surface area contributed by atoms with E-state index >= 15 is 0 Å². The van der Waals surface area contributed by atoms with E-state index in [1.54, 1.807) is 0 Å². The minimum absolute atomic E-state index is 0.00292. The molecule has 6 atom stereocenters. The van der Waals surface area contributed by atoms with Crippen LogP contribution in [0.5, 0.6) is 0 Å². The number of nitrogens with zero attached hydrogens (tertiary/aromatic N) is 1. The van der Waals surface area contributed by atoms with Crippen molar-refractivity contribution in [2.45, 2.75) is 118 Å². The quantitative estimate of drug-likeness (QED) is 0.250. The van der Waals surface area contributed by atoms with Crippen molar-refractivity contribution in [1.29, 1.82) is 0 Å². The first kappa shape index (κ1) is 32.9. The van der Waals surface area contributed by atoms with E-state index in [0.717, 1.165) is 32.1 Å². The summed E-state index contributed by atoms with van der Waals surface area (Å²) in [6.07, 6.45) is 4.82. The Morgan fingerprint density at radius 1 is 0.953 bits per heavy atom. The van der Waals surface area contributed by atoms with Gasteiger partial charge in [-0.05, 0) is 53.8 Å². The fourth-order valence-electron chi connectivity index (χ4n) is 7.01. The van der Waals surface area contributed by atoms with Gasteiger partial charge in [-0.25, -0.2) is 4.79 Å². The number of ketones is 2. The third kappa shape index (κ3) is 6.60.